The lowest BCUT2D eigenvalue weighted by molar-refractivity contribution is -0.118. The number of urea groups is 1. The van der Waals surface area contributed by atoms with Gasteiger partial charge in [-0.25, -0.2) is 9.59 Å². The van der Waals surface area contributed by atoms with Crippen molar-refractivity contribution in [3.05, 3.63) is 29.3 Å². The highest BCUT2D eigenvalue weighted by Crippen LogP contribution is 2.18. The summed E-state index contributed by atoms with van der Waals surface area (Å²) in [7, 11) is 0. The van der Waals surface area contributed by atoms with Crippen molar-refractivity contribution in [2.24, 2.45) is 11.7 Å². The second-order valence-electron chi connectivity index (χ2n) is 5.05. The molecule has 0 aromatic heterocycles. The van der Waals surface area contributed by atoms with Gasteiger partial charge in [-0.15, -0.1) is 0 Å². The van der Waals surface area contributed by atoms with E-state index < -0.39 is 23.9 Å². The predicted molar refractivity (Wildman–Crippen MR) is 78.1 cm³/mol. The van der Waals surface area contributed by atoms with Gasteiger partial charge in [0.25, 0.3) is 0 Å². The summed E-state index contributed by atoms with van der Waals surface area (Å²) in [4.78, 5) is 34.1. The van der Waals surface area contributed by atoms with E-state index in [9.17, 15) is 14.4 Å². The highest BCUT2D eigenvalue weighted by molar-refractivity contribution is 5.99. The first-order valence-electron chi connectivity index (χ1n) is 6.43. The van der Waals surface area contributed by atoms with E-state index >= 15 is 0 Å². The van der Waals surface area contributed by atoms with E-state index in [0.29, 0.717) is 5.69 Å². The van der Waals surface area contributed by atoms with Crippen molar-refractivity contribution in [1.82, 2.24) is 5.32 Å². The van der Waals surface area contributed by atoms with E-state index in [2.05, 4.69) is 10.6 Å². The van der Waals surface area contributed by atoms with E-state index in [1.165, 1.54) is 12.1 Å². The molecule has 0 saturated heterocycles. The van der Waals surface area contributed by atoms with Crippen molar-refractivity contribution < 1.29 is 19.5 Å². The Morgan fingerprint density at radius 1 is 1.24 bits per heavy atom. The molecule has 1 aromatic rings. The van der Waals surface area contributed by atoms with Gasteiger partial charge in [0.2, 0.25) is 5.91 Å². The van der Waals surface area contributed by atoms with Crippen LogP contribution in [0.3, 0.4) is 0 Å². The Balaban J connectivity index is 2.97. The van der Waals surface area contributed by atoms with E-state index in [1.807, 2.05) is 0 Å². The number of carbonyl (C=O) groups excluding carboxylic acids is 2. The first kappa shape index (κ1) is 16.5. The third kappa shape index (κ3) is 4.48. The molecule has 0 aliphatic heterocycles. The van der Waals surface area contributed by atoms with Crippen molar-refractivity contribution in [3.8, 4) is 0 Å². The molecule has 114 valence electrons. The lowest BCUT2D eigenvalue weighted by Crippen LogP contribution is -2.49. The number of carboxylic acids is 1. The summed E-state index contributed by atoms with van der Waals surface area (Å²) in [6, 6.07) is 2.84. The fourth-order valence-electron chi connectivity index (χ4n) is 1.79. The van der Waals surface area contributed by atoms with Crippen LogP contribution in [0.15, 0.2) is 18.2 Å². The van der Waals surface area contributed by atoms with E-state index in [4.69, 9.17) is 10.8 Å². The maximum Gasteiger partial charge on any atom is 0.335 e. The monoisotopic (exact) mass is 293 g/mol. The number of hydrogen-bond acceptors (Lipinski definition) is 3. The van der Waals surface area contributed by atoms with Crippen LogP contribution in [-0.4, -0.2) is 29.1 Å². The largest absolute Gasteiger partial charge is 0.478 e. The molecule has 0 aliphatic rings. The number of primary amides is 1. The van der Waals surface area contributed by atoms with Crippen LogP contribution in [0.4, 0.5) is 10.5 Å². The molecular weight excluding hydrogens is 274 g/mol. The maximum atomic E-state index is 12.2. The minimum atomic E-state index is -1.08. The summed E-state index contributed by atoms with van der Waals surface area (Å²) in [5, 5.41) is 14.0. The molecule has 5 N–H and O–H groups in total. The Morgan fingerprint density at radius 2 is 1.86 bits per heavy atom. The van der Waals surface area contributed by atoms with Crippen LogP contribution in [0.5, 0.6) is 0 Å². The summed E-state index contributed by atoms with van der Waals surface area (Å²) in [6.45, 7) is 5.27. The Bertz CT molecular complexity index is 569. The highest BCUT2D eigenvalue weighted by Gasteiger charge is 2.24. The summed E-state index contributed by atoms with van der Waals surface area (Å²) in [5.74, 6) is -1.70. The number of nitrogens with one attached hydrogen (secondary N) is 2. The third-order valence-electron chi connectivity index (χ3n) is 2.99. The molecule has 0 heterocycles. The van der Waals surface area contributed by atoms with Gasteiger partial charge in [-0.05, 0) is 30.5 Å². The van der Waals surface area contributed by atoms with Crippen LogP contribution in [0, 0.1) is 12.8 Å². The number of aryl methyl sites for hydroxylation is 1. The summed E-state index contributed by atoms with van der Waals surface area (Å²) >= 11 is 0. The van der Waals surface area contributed by atoms with Crippen molar-refractivity contribution in [3.63, 3.8) is 0 Å². The van der Waals surface area contributed by atoms with Crippen LogP contribution in [-0.2, 0) is 4.79 Å². The number of amides is 3. The Hall–Kier alpha value is -2.57. The molecule has 0 bridgehead atoms. The molecule has 0 fully saturated rings. The third-order valence-corrected chi connectivity index (χ3v) is 2.99. The lowest BCUT2D eigenvalue weighted by Gasteiger charge is -2.21. The molecule has 0 spiro atoms. The van der Waals surface area contributed by atoms with Crippen LogP contribution >= 0.6 is 0 Å². The van der Waals surface area contributed by atoms with Crippen molar-refractivity contribution >= 4 is 23.6 Å². The number of hydrogen-bond donors (Lipinski definition) is 4. The summed E-state index contributed by atoms with van der Waals surface area (Å²) < 4.78 is 0. The first-order chi connectivity index (χ1) is 9.72. The molecule has 0 radical (unpaired) electrons. The zero-order chi connectivity index (χ0) is 16.2. The van der Waals surface area contributed by atoms with Gasteiger partial charge in [0.1, 0.15) is 6.04 Å². The molecule has 1 aromatic carbocycles. The smallest absolute Gasteiger partial charge is 0.335 e. The van der Waals surface area contributed by atoms with Gasteiger partial charge >= 0.3 is 12.0 Å². The van der Waals surface area contributed by atoms with Crippen LogP contribution in [0.25, 0.3) is 0 Å². The molecule has 1 atom stereocenters. The fraction of sp³-hybridized carbons (Fsp3) is 0.357. The Kier molecular flexibility index (Phi) is 5.29. The minimum Gasteiger partial charge on any atom is -0.478 e. The minimum absolute atomic E-state index is 0.0693. The van der Waals surface area contributed by atoms with Gasteiger partial charge < -0.3 is 21.5 Å². The Morgan fingerprint density at radius 3 is 2.33 bits per heavy atom. The summed E-state index contributed by atoms with van der Waals surface area (Å²) in [5.41, 5.74) is 6.22. The number of carboxylic acid groups (broad SMARTS) is 1. The molecule has 7 nitrogen and oxygen atoms in total. The molecule has 0 saturated carbocycles. The molecule has 7 heteroatoms. The summed E-state index contributed by atoms with van der Waals surface area (Å²) in [6.07, 6.45) is 0. The second kappa shape index (κ2) is 6.74. The standard InChI is InChI=1S/C14H19N3O4/c1-7(2)11(17-14(15)21)12(18)16-10-6-9(13(19)20)5-4-8(10)3/h4-7,11H,1-3H3,(H,16,18)(H,19,20)(H3,15,17,21). The molecule has 1 unspecified atom stereocenters. The van der Waals surface area contributed by atoms with Crippen molar-refractivity contribution in [2.75, 3.05) is 5.32 Å². The predicted octanol–water partition coefficient (Wildman–Crippen LogP) is 1.32. The van der Waals surface area contributed by atoms with Gasteiger partial charge in [0, 0.05) is 5.69 Å². The molecule has 3 amide bonds. The molecular formula is C14H19N3O4. The first-order valence-corrected chi connectivity index (χ1v) is 6.43. The number of nitrogens with two attached hydrogens (primary N) is 1. The second-order valence-corrected chi connectivity index (χ2v) is 5.05. The van der Waals surface area contributed by atoms with Crippen LogP contribution in [0.2, 0.25) is 0 Å². The number of carbonyl (C=O) groups is 3. The van der Waals surface area contributed by atoms with Gasteiger partial charge in [-0.3, -0.25) is 4.79 Å². The molecule has 1 rings (SSSR count). The lowest BCUT2D eigenvalue weighted by atomic mass is 10.0. The van der Waals surface area contributed by atoms with E-state index in [0.717, 1.165) is 5.56 Å². The highest BCUT2D eigenvalue weighted by atomic mass is 16.4. The zero-order valence-corrected chi connectivity index (χ0v) is 12.1. The number of anilines is 1. The topological polar surface area (TPSA) is 122 Å². The van der Waals surface area contributed by atoms with E-state index in [-0.39, 0.29) is 11.5 Å². The SMILES string of the molecule is Cc1ccc(C(=O)O)cc1NC(=O)C(NC(N)=O)C(C)C. The van der Waals surface area contributed by atoms with Gasteiger partial charge in [0.15, 0.2) is 0 Å². The number of aromatic carboxylic acids is 1. The fourth-order valence-corrected chi connectivity index (χ4v) is 1.79. The van der Waals surface area contributed by atoms with Crippen molar-refractivity contribution in [1.29, 1.82) is 0 Å². The zero-order valence-electron chi connectivity index (χ0n) is 12.1. The van der Waals surface area contributed by atoms with Gasteiger partial charge in [-0.2, -0.15) is 0 Å². The van der Waals surface area contributed by atoms with Gasteiger partial charge in [-0.1, -0.05) is 19.9 Å². The average Bonchev–Trinajstić information content (AvgIpc) is 2.37. The van der Waals surface area contributed by atoms with E-state index in [1.54, 1.807) is 26.8 Å². The van der Waals surface area contributed by atoms with Crippen molar-refractivity contribution in [2.45, 2.75) is 26.8 Å². The number of rotatable bonds is 5. The number of benzene rings is 1. The average molecular weight is 293 g/mol. The molecule has 0 aliphatic carbocycles. The quantitative estimate of drug-likeness (QED) is 0.654. The normalized spacial score (nSPS) is 11.8. The maximum absolute atomic E-state index is 12.2. The Labute approximate surface area is 122 Å². The van der Waals surface area contributed by atoms with Gasteiger partial charge in [0.05, 0.1) is 5.56 Å². The van der Waals surface area contributed by atoms with Crippen LogP contribution in [0.1, 0.15) is 29.8 Å². The van der Waals surface area contributed by atoms with Crippen LogP contribution < -0.4 is 16.4 Å². The molecule has 21 heavy (non-hydrogen) atoms.